The van der Waals surface area contributed by atoms with Crippen molar-refractivity contribution in [3.8, 4) is 11.1 Å². The smallest absolute Gasteiger partial charge is 0.261 e. The first-order chi connectivity index (χ1) is 10.2. The van der Waals surface area contributed by atoms with Crippen LogP contribution in [-0.4, -0.2) is 10.9 Å². The van der Waals surface area contributed by atoms with Crippen LogP contribution in [0.2, 0.25) is 4.34 Å². The average molecular weight is 319 g/mol. The van der Waals surface area contributed by atoms with Crippen molar-refractivity contribution in [3.05, 3.63) is 64.0 Å². The van der Waals surface area contributed by atoms with Crippen LogP contribution in [0.4, 0.5) is 0 Å². The minimum absolute atomic E-state index is 0.138. The quantitative estimate of drug-likeness (QED) is 0.791. The summed E-state index contributed by atoms with van der Waals surface area (Å²) in [4.78, 5) is 16.7. The molecule has 0 saturated heterocycles. The Morgan fingerprint density at radius 1 is 1.29 bits per heavy atom. The Kier molecular flexibility index (Phi) is 4.03. The van der Waals surface area contributed by atoms with E-state index >= 15 is 0 Å². The third-order valence-electron chi connectivity index (χ3n) is 2.90. The second-order valence-electron chi connectivity index (χ2n) is 4.38. The maximum atomic E-state index is 12.0. The SMILES string of the molecule is O=C(NCc1cncc(-c2ccoc2)c1)c1ccc(Cl)s1. The molecule has 0 bridgehead atoms. The summed E-state index contributed by atoms with van der Waals surface area (Å²) in [6.45, 7) is 0.410. The number of pyridine rings is 1. The van der Waals surface area contributed by atoms with E-state index in [1.54, 1.807) is 37.1 Å². The summed E-state index contributed by atoms with van der Waals surface area (Å²) in [5.74, 6) is -0.138. The number of thiophene rings is 1. The molecule has 1 N–H and O–H groups in total. The molecule has 3 heterocycles. The van der Waals surface area contributed by atoms with Gasteiger partial charge in [-0.2, -0.15) is 0 Å². The molecule has 1 amide bonds. The lowest BCUT2D eigenvalue weighted by atomic mass is 10.1. The van der Waals surface area contributed by atoms with Crippen molar-refractivity contribution in [2.45, 2.75) is 6.54 Å². The number of rotatable bonds is 4. The number of halogens is 1. The molecule has 0 atom stereocenters. The molecule has 0 aliphatic heterocycles. The molecule has 0 aliphatic carbocycles. The Bertz CT molecular complexity index is 753. The molecule has 4 nitrogen and oxygen atoms in total. The first-order valence-corrected chi connectivity index (χ1v) is 7.42. The largest absolute Gasteiger partial charge is 0.472 e. The van der Waals surface area contributed by atoms with E-state index in [2.05, 4.69) is 10.3 Å². The Labute approximate surface area is 130 Å². The predicted molar refractivity (Wildman–Crippen MR) is 82.4 cm³/mol. The molecule has 3 aromatic heterocycles. The molecule has 0 radical (unpaired) electrons. The molecule has 3 aromatic rings. The summed E-state index contributed by atoms with van der Waals surface area (Å²) in [5, 5.41) is 2.85. The lowest BCUT2D eigenvalue weighted by Crippen LogP contribution is -2.21. The van der Waals surface area contributed by atoms with Crippen molar-refractivity contribution in [3.63, 3.8) is 0 Å². The van der Waals surface area contributed by atoms with Crippen LogP contribution in [0.5, 0.6) is 0 Å². The molecule has 0 spiro atoms. The van der Waals surface area contributed by atoms with E-state index in [9.17, 15) is 4.79 Å². The van der Waals surface area contributed by atoms with Gasteiger partial charge in [-0.15, -0.1) is 11.3 Å². The molecule has 0 fully saturated rings. The lowest BCUT2D eigenvalue weighted by molar-refractivity contribution is 0.0955. The number of amides is 1. The molecule has 0 aliphatic rings. The number of carbonyl (C=O) groups is 1. The van der Waals surface area contributed by atoms with Crippen molar-refractivity contribution in [2.24, 2.45) is 0 Å². The summed E-state index contributed by atoms with van der Waals surface area (Å²) in [6.07, 6.45) is 6.76. The number of hydrogen-bond donors (Lipinski definition) is 1. The van der Waals surface area contributed by atoms with E-state index < -0.39 is 0 Å². The summed E-state index contributed by atoms with van der Waals surface area (Å²) in [6, 6.07) is 7.26. The van der Waals surface area contributed by atoms with Crippen LogP contribution in [0, 0.1) is 0 Å². The van der Waals surface area contributed by atoms with Gasteiger partial charge in [0.15, 0.2) is 0 Å². The van der Waals surface area contributed by atoms with Crippen LogP contribution in [-0.2, 0) is 6.54 Å². The number of hydrogen-bond acceptors (Lipinski definition) is 4. The zero-order valence-electron chi connectivity index (χ0n) is 10.9. The summed E-state index contributed by atoms with van der Waals surface area (Å²) in [5.41, 5.74) is 2.83. The van der Waals surface area contributed by atoms with Gasteiger partial charge in [-0.1, -0.05) is 11.6 Å². The van der Waals surface area contributed by atoms with Crippen molar-refractivity contribution >= 4 is 28.8 Å². The van der Waals surface area contributed by atoms with Gasteiger partial charge in [0.25, 0.3) is 5.91 Å². The van der Waals surface area contributed by atoms with Crippen LogP contribution < -0.4 is 5.32 Å². The van der Waals surface area contributed by atoms with Crippen LogP contribution in [0.15, 0.2) is 53.6 Å². The highest BCUT2D eigenvalue weighted by atomic mass is 35.5. The minimum Gasteiger partial charge on any atom is -0.472 e. The second-order valence-corrected chi connectivity index (χ2v) is 6.10. The lowest BCUT2D eigenvalue weighted by Gasteiger charge is -2.05. The normalized spacial score (nSPS) is 10.5. The first kappa shape index (κ1) is 13.9. The predicted octanol–water partition coefficient (Wildman–Crippen LogP) is 3.99. The molecule has 0 unspecified atom stereocenters. The minimum atomic E-state index is -0.138. The summed E-state index contributed by atoms with van der Waals surface area (Å²) < 4.78 is 5.66. The molecule has 0 aromatic carbocycles. The van der Waals surface area contributed by atoms with Crippen LogP contribution in [0.3, 0.4) is 0 Å². The fourth-order valence-electron chi connectivity index (χ4n) is 1.88. The zero-order chi connectivity index (χ0) is 14.7. The molecular formula is C15H11ClN2O2S. The fraction of sp³-hybridized carbons (Fsp3) is 0.0667. The van der Waals surface area contributed by atoms with Gasteiger partial charge in [0, 0.05) is 30.1 Å². The summed E-state index contributed by atoms with van der Waals surface area (Å²) in [7, 11) is 0. The van der Waals surface area contributed by atoms with Gasteiger partial charge in [-0.3, -0.25) is 9.78 Å². The monoisotopic (exact) mass is 318 g/mol. The Hall–Kier alpha value is -2.11. The first-order valence-electron chi connectivity index (χ1n) is 6.22. The number of nitrogens with zero attached hydrogens (tertiary/aromatic N) is 1. The van der Waals surface area contributed by atoms with E-state index in [4.69, 9.17) is 16.0 Å². The maximum Gasteiger partial charge on any atom is 0.261 e. The average Bonchev–Trinajstić information content (AvgIpc) is 3.16. The number of aromatic nitrogens is 1. The summed E-state index contributed by atoms with van der Waals surface area (Å²) >= 11 is 7.08. The number of nitrogens with one attached hydrogen (secondary N) is 1. The van der Waals surface area contributed by atoms with Crippen LogP contribution >= 0.6 is 22.9 Å². The van der Waals surface area contributed by atoms with Gasteiger partial charge >= 0.3 is 0 Å². The van der Waals surface area contributed by atoms with Gasteiger partial charge in [-0.25, -0.2) is 0 Å². The van der Waals surface area contributed by atoms with Crippen molar-refractivity contribution in [1.29, 1.82) is 0 Å². The standard InChI is InChI=1S/C15H11ClN2O2S/c16-14-2-1-13(21-14)15(19)18-7-10-5-12(8-17-6-10)11-3-4-20-9-11/h1-6,8-9H,7H2,(H,18,19). The Morgan fingerprint density at radius 3 is 2.90 bits per heavy atom. The molecule has 6 heteroatoms. The van der Waals surface area contributed by atoms with Crippen molar-refractivity contribution in [1.82, 2.24) is 10.3 Å². The van der Waals surface area contributed by atoms with E-state index in [1.807, 2.05) is 12.1 Å². The molecular weight excluding hydrogens is 308 g/mol. The van der Waals surface area contributed by atoms with Gasteiger partial charge in [-0.05, 0) is 29.8 Å². The van der Waals surface area contributed by atoms with E-state index in [0.29, 0.717) is 15.8 Å². The third-order valence-corrected chi connectivity index (χ3v) is 4.13. The topological polar surface area (TPSA) is 55.1 Å². The van der Waals surface area contributed by atoms with Gasteiger partial charge in [0.2, 0.25) is 0 Å². The van der Waals surface area contributed by atoms with Crippen LogP contribution in [0.25, 0.3) is 11.1 Å². The molecule has 21 heavy (non-hydrogen) atoms. The maximum absolute atomic E-state index is 12.0. The Morgan fingerprint density at radius 2 is 2.19 bits per heavy atom. The van der Waals surface area contributed by atoms with Gasteiger partial charge in [0.1, 0.15) is 0 Å². The number of carbonyl (C=O) groups excluding carboxylic acids is 1. The molecule has 0 saturated carbocycles. The zero-order valence-corrected chi connectivity index (χ0v) is 12.4. The fourth-order valence-corrected chi connectivity index (χ4v) is 2.84. The van der Waals surface area contributed by atoms with Crippen LogP contribution in [0.1, 0.15) is 15.2 Å². The molecule has 3 rings (SSSR count). The highest BCUT2D eigenvalue weighted by molar-refractivity contribution is 7.17. The van der Waals surface area contributed by atoms with E-state index in [0.717, 1.165) is 16.7 Å². The van der Waals surface area contributed by atoms with E-state index in [1.165, 1.54) is 11.3 Å². The van der Waals surface area contributed by atoms with Gasteiger partial charge < -0.3 is 9.73 Å². The Balaban J connectivity index is 1.68. The highest BCUT2D eigenvalue weighted by Gasteiger charge is 2.08. The number of furan rings is 1. The highest BCUT2D eigenvalue weighted by Crippen LogP contribution is 2.22. The third kappa shape index (κ3) is 3.32. The van der Waals surface area contributed by atoms with E-state index in [-0.39, 0.29) is 5.91 Å². The van der Waals surface area contributed by atoms with Crippen molar-refractivity contribution in [2.75, 3.05) is 0 Å². The van der Waals surface area contributed by atoms with Gasteiger partial charge in [0.05, 0.1) is 21.7 Å². The second kappa shape index (κ2) is 6.11. The molecule has 106 valence electrons. The van der Waals surface area contributed by atoms with Crippen molar-refractivity contribution < 1.29 is 9.21 Å².